The lowest BCUT2D eigenvalue weighted by atomic mass is 10.1. The molecule has 2 aromatic heterocycles. The van der Waals surface area contributed by atoms with E-state index in [4.69, 9.17) is 10.3 Å². The van der Waals surface area contributed by atoms with Crippen LogP contribution < -0.4 is 10.6 Å². The third-order valence-corrected chi connectivity index (χ3v) is 5.12. The van der Waals surface area contributed by atoms with Gasteiger partial charge in [-0.15, -0.1) is 0 Å². The summed E-state index contributed by atoms with van der Waals surface area (Å²) in [5.74, 6) is 0.440. The van der Waals surface area contributed by atoms with Crippen LogP contribution in [0, 0.1) is 13.8 Å². The number of amides is 3. The van der Waals surface area contributed by atoms with Crippen LogP contribution in [0.4, 0.5) is 10.5 Å². The van der Waals surface area contributed by atoms with Gasteiger partial charge in [-0.2, -0.15) is 5.10 Å². The maximum absolute atomic E-state index is 12.9. The molecule has 0 spiro atoms. The van der Waals surface area contributed by atoms with Crippen molar-refractivity contribution in [1.82, 2.24) is 19.8 Å². The predicted octanol–water partition coefficient (Wildman–Crippen LogP) is 1.96. The van der Waals surface area contributed by atoms with Crippen LogP contribution in [0.3, 0.4) is 0 Å². The molecular formula is C20H22N6O3. The third kappa shape index (κ3) is 3.52. The van der Waals surface area contributed by atoms with Gasteiger partial charge in [0.05, 0.1) is 24.1 Å². The van der Waals surface area contributed by atoms with Crippen LogP contribution in [0.2, 0.25) is 0 Å². The zero-order valence-electron chi connectivity index (χ0n) is 16.3. The van der Waals surface area contributed by atoms with Gasteiger partial charge in [0, 0.05) is 24.8 Å². The van der Waals surface area contributed by atoms with Crippen molar-refractivity contribution >= 4 is 17.6 Å². The van der Waals surface area contributed by atoms with Gasteiger partial charge in [0.15, 0.2) is 0 Å². The van der Waals surface area contributed by atoms with Gasteiger partial charge in [-0.1, -0.05) is 29.4 Å². The Hall–Kier alpha value is -3.46. The lowest BCUT2D eigenvalue weighted by molar-refractivity contribution is -0.116. The van der Waals surface area contributed by atoms with Crippen LogP contribution in [0.15, 0.2) is 41.2 Å². The number of carbonyl (C=O) groups is 2. The van der Waals surface area contributed by atoms with Gasteiger partial charge in [-0.25, -0.2) is 9.69 Å². The van der Waals surface area contributed by atoms with E-state index in [1.54, 1.807) is 10.9 Å². The molecule has 0 aliphatic carbocycles. The number of aromatic nitrogens is 3. The van der Waals surface area contributed by atoms with Crippen molar-refractivity contribution in [2.24, 2.45) is 5.73 Å². The molecule has 0 unspecified atom stereocenters. The highest BCUT2D eigenvalue weighted by molar-refractivity contribution is 6.19. The fourth-order valence-corrected chi connectivity index (χ4v) is 3.49. The number of benzene rings is 1. The average molecular weight is 394 g/mol. The Morgan fingerprint density at radius 3 is 2.59 bits per heavy atom. The summed E-state index contributed by atoms with van der Waals surface area (Å²) in [6.07, 6.45) is 3.20. The van der Waals surface area contributed by atoms with Gasteiger partial charge in [0.25, 0.3) is 5.91 Å². The monoisotopic (exact) mass is 394 g/mol. The van der Waals surface area contributed by atoms with Crippen molar-refractivity contribution in [3.63, 3.8) is 0 Å². The van der Waals surface area contributed by atoms with Crippen molar-refractivity contribution < 1.29 is 14.1 Å². The third-order valence-electron chi connectivity index (χ3n) is 5.12. The molecule has 1 fully saturated rings. The van der Waals surface area contributed by atoms with Crippen molar-refractivity contribution in [3.05, 3.63) is 64.8 Å². The highest BCUT2D eigenvalue weighted by atomic mass is 16.5. The number of imide groups is 1. The molecule has 0 atom stereocenters. The molecule has 3 amide bonds. The second kappa shape index (κ2) is 7.51. The molecule has 3 heterocycles. The number of aryl methyl sites for hydroxylation is 2. The molecule has 4 rings (SSSR count). The molecule has 150 valence electrons. The summed E-state index contributed by atoms with van der Waals surface area (Å²) in [6, 6.07) is 7.28. The fraction of sp³-hybridized carbons (Fsp3) is 0.300. The standard InChI is InChI=1S/C20H22N6O3/c1-13-18(14(2)29-23-13)11-25-10-17(8-22-25)26-19(27)12-24(20(26)28)9-16-6-4-3-5-15(16)7-21/h3-6,8,10H,7,9,11-12,21H2,1-2H3. The first-order chi connectivity index (χ1) is 14.0. The Balaban J connectivity index is 1.52. The Morgan fingerprint density at radius 1 is 1.14 bits per heavy atom. The number of carbonyl (C=O) groups excluding carboxylic acids is 2. The van der Waals surface area contributed by atoms with Crippen molar-refractivity contribution in [1.29, 1.82) is 0 Å². The summed E-state index contributed by atoms with van der Waals surface area (Å²) in [4.78, 5) is 28.1. The van der Waals surface area contributed by atoms with E-state index in [1.807, 2.05) is 38.1 Å². The highest BCUT2D eigenvalue weighted by Crippen LogP contribution is 2.24. The zero-order valence-corrected chi connectivity index (χ0v) is 16.3. The largest absolute Gasteiger partial charge is 0.361 e. The zero-order chi connectivity index (χ0) is 20.5. The van der Waals surface area contributed by atoms with Crippen molar-refractivity contribution in [2.45, 2.75) is 33.5 Å². The number of urea groups is 1. The molecule has 0 bridgehead atoms. The van der Waals surface area contributed by atoms with E-state index in [-0.39, 0.29) is 18.5 Å². The molecular weight excluding hydrogens is 372 g/mol. The van der Waals surface area contributed by atoms with E-state index in [0.29, 0.717) is 25.3 Å². The molecule has 1 saturated heterocycles. The summed E-state index contributed by atoms with van der Waals surface area (Å²) >= 11 is 0. The van der Waals surface area contributed by atoms with Crippen LogP contribution >= 0.6 is 0 Å². The molecule has 3 aromatic rings. The van der Waals surface area contributed by atoms with E-state index >= 15 is 0 Å². The smallest absolute Gasteiger partial charge is 0.332 e. The lowest BCUT2D eigenvalue weighted by Gasteiger charge is -2.17. The molecule has 9 nitrogen and oxygen atoms in total. The second-order valence-corrected chi connectivity index (χ2v) is 7.04. The van der Waals surface area contributed by atoms with Gasteiger partial charge in [-0.3, -0.25) is 9.48 Å². The van der Waals surface area contributed by atoms with Crippen LogP contribution in [0.25, 0.3) is 0 Å². The second-order valence-electron chi connectivity index (χ2n) is 7.04. The van der Waals surface area contributed by atoms with Gasteiger partial charge in [0.1, 0.15) is 12.3 Å². The summed E-state index contributed by atoms with van der Waals surface area (Å²) in [5.41, 5.74) is 9.84. The molecule has 0 radical (unpaired) electrons. The summed E-state index contributed by atoms with van der Waals surface area (Å²) in [7, 11) is 0. The Bertz CT molecular complexity index is 1050. The molecule has 1 aliphatic heterocycles. The average Bonchev–Trinajstić information content (AvgIpc) is 3.37. The first-order valence-electron chi connectivity index (χ1n) is 9.31. The number of nitrogens with two attached hydrogens (primary N) is 1. The lowest BCUT2D eigenvalue weighted by Crippen LogP contribution is -2.32. The molecule has 2 N–H and O–H groups in total. The molecule has 1 aliphatic rings. The Kier molecular flexibility index (Phi) is 4.89. The van der Waals surface area contributed by atoms with Crippen LogP contribution in [0.1, 0.15) is 28.1 Å². The number of nitrogens with zero attached hydrogens (tertiary/aromatic N) is 5. The maximum Gasteiger partial charge on any atom is 0.332 e. The van der Waals surface area contributed by atoms with E-state index in [1.165, 1.54) is 16.0 Å². The number of rotatable bonds is 6. The van der Waals surface area contributed by atoms with E-state index in [0.717, 1.165) is 28.1 Å². The normalized spacial score (nSPS) is 14.3. The van der Waals surface area contributed by atoms with Crippen molar-refractivity contribution in [2.75, 3.05) is 11.4 Å². The topological polar surface area (TPSA) is 110 Å². The van der Waals surface area contributed by atoms with Gasteiger partial charge in [-0.05, 0) is 25.0 Å². The predicted molar refractivity (Wildman–Crippen MR) is 105 cm³/mol. The van der Waals surface area contributed by atoms with Crippen LogP contribution in [-0.2, 0) is 24.4 Å². The fourth-order valence-electron chi connectivity index (χ4n) is 3.49. The Labute approximate surface area is 167 Å². The summed E-state index contributed by atoms with van der Waals surface area (Å²) in [6.45, 7) is 4.88. The van der Waals surface area contributed by atoms with E-state index < -0.39 is 0 Å². The molecule has 0 saturated carbocycles. The van der Waals surface area contributed by atoms with E-state index in [9.17, 15) is 9.59 Å². The minimum Gasteiger partial charge on any atom is -0.361 e. The van der Waals surface area contributed by atoms with Crippen molar-refractivity contribution in [3.8, 4) is 0 Å². The highest BCUT2D eigenvalue weighted by Gasteiger charge is 2.38. The molecule has 9 heteroatoms. The minimum atomic E-state index is -0.362. The van der Waals surface area contributed by atoms with Gasteiger partial charge >= 0.3 is 6.03 Å². The SMILES string of the molecule is Cc1noc(C)c1Cn1cc(N2C(=O)CN(Cc3ccccc3CN)C2=O)cn1. The van der Waals surface area contributed by atoms with Gasteiger partial charge < -0.3 is 15.2 Å². The molecule has 1 aromatic carbocycles. The van der Waals surface area contributed by atoms with Crippen LogP contribution in [0.5, 0.6) is 0 Å². The first-order valence-corrected chi connectivity index (χ1v) is 9.31. The summed E-state index contributed by atoms with van der Waals surface area (Å²) in [5, 5.41) is 8.22. The first kappa shape index (κ1) is 18.9. The summed E-state index contributed by atoms with van der Waals surface area (Å²) < 4.78 is 6.83. The number of hydrogen-bond donors (Lipinski definition) is 1. The molecule has 29 heavy (non-hydrogen) atoms. The van der Waals surface area contributed by atoms with Gasteiger partial charge in [0.2, 0.25) is 0 Å². The van der Waals surface area contributed by atoms with E-state index in [2.05, 4.69) is 10.3 Å². The maximum atomic E-state index is 12.9. The minimum absolute atomic E-state index is 0.0206. The Morgan fingerprint density at radius 2 is 1.90 bits per heavy atom. The number of anilines is 1. The van der Waals surface area contributed by atoms with Crippen LogP contribution in [-0.4, -0.2) is 38.3 Å². The number of hydrogen-bond acceptors (Lipinski definition) is 6. The quantitative estimate of drug-likeness (QED) is 0.640.